The molecule has 3 rings (SSSR count). The van der Waals surface area contributed by atoms with Gasteiger partial charge in [-0.1, -0.05) is 25.4 Å². The van der Waals surface area contributed by atoms with Gasteiger partial charge < -0.3 is 14.7 Å². The van der Waals surface area contributed by atoms with Crippen molar-refractivity contribution in [3.8, 4) is 0 Å². The molecule has 7 nitrogen and oxygen atoms in total. The third-order valence-corrected chi connectivity index (χ3v) is 6.11. The predicted molar refractivity (Wildman–Crippen MR) is 110 cm³/mol. The van der Waals surface area contributed by atoms with Crippen LogP contribution in [-0.4, -0.2) is 59.5 Å². The van der Waals surface area contributed by atoms with E-state index in [0.29, 0.717) is 37.8 Å². The van der Waals surface area contributed by atoms with E-state index in [9.17, 15) is 9.59 Å². The Morgan fingerprint density at radius 3 is 2.57 bits per heavy atom. The maximum atomic E-state index is 12.9. The lowest BCUT2D eigenvalue weighted by Crippen LogP contribution is -2.50. The number of aryl methyl sites for hydroxylation is 3. The third kappa shape index (κ3) is 4.99. The molecule has 0 radical (unpaired) electrons. The van der Waals surface area contributed by atoms with Gasteiger partial charge in [0, 0.05) is 37.1 Å². The molecule has 1 aliphatic rings. The van der Waals surface area contributed by atoms with Crippen molar-refractivity contribution in [3.05, 3.63) is 33.2 Å². The number of rotatable bonds is 7. The smallest absolute Gasteiger partial charge is 0.264 e. The zero-order valence-electron chi connectivity index (χ0n) is 16.8. The number of piperazine rings is 1. The molecule has 0 saturated carbocycles. The first-order valence-electron chi connectivity index (χ1n) is 9.86. The molecular formula is C20H28N4O3S. The Morgan fingerprint density at radius 2 is 1.96 bits per heavy atom. The van der Waals surface area contributed by atoms with Crippen LogP contribution >= 0.6 is 11.3 Å². The quantitative estimate of drug-likeness (QED) is 0.768. The van der Waals surface area contributed by atoms with Crippen LogP contribution in [0.2, 0.25) is 0 Å². The van der Waals surface area contributed by atoms with Gasteiger partial charge in [-0.2, -0.15) is 0 Å². The number of aromatic nitrogens is 1. The zero-order chi connectivity index (χ0) is 20.1. The first-order chi connectivity index (χ1) is 13.5. The lowest BCUT2D eigenvalue weighted by atomic mass is 10.1. The number of nitrogens with one attached hydrogen (secondary N) is 1. The molecule has 3 heterocycles. The van der Waals surface area contributed by atoms with E-state index in [4.69, 9.17) is 4.52 Å². The molecule has 1 fully saturated rings. The maximum absolute atomic E-state index is 12.9. The number of amides is 2. The molecule has 0 aliphatic carbocycles. The van der Waals surface area contributed by atoms with Gasteiger partial charge in [-0.3, -0.25) is 14.5 Å². The summed E-state index contributed by atoms with van der Waals surface area (Å²) in [6.07, 6.45) is 3.10. The molecule has 0 unspecified atom stereocenters. The molecule has 0 aromatic carbocycles. The average Bonchev–Trinajstić information content (AvgIpc) is 3.28. The van der Waals surface area contributed by atoms with Crippen LogP contribution in [0.1, 0.15) is 46.1 Å². The molecule has 0 atom stereocenters. The fourth-order valence-corrected chi connectivity index (χ4v) is 4.71. The van der Waals surface area contributed by atoms with Crippen LogP contribution in [0.5, 0.6) is 0 Å². The molecule has 8 heteroatoms. The average molecular weight is 405 g/mol. The van der Waals surface area contributed by atoms with Crippen LogP contribution in [0.15, 0.2) is 16.7 Å². The lowest BCUT2D eigenvalue weighted by molar-refractivity contribution is -0.117. The largest absolute Gasteiger partial charge is 0.360 e. The zero-order valence-corrected chi connectivity index (χ0v) is 17.6. The highest BCUT2D eigenvalue weighted by Gasteiger charge is 2.25. The van der Waals surface area contributed by atoms with Gasteiger partial charge in [0.15, 0.2) is 5.82 Å². The maximum Gasteiger partial charge on any atom is 0.264 e. The van der Waals surface area contributed by atoms with Gasteiger partial charge in [0.1, 0.15) is 5.76 Å². The molecule has 1 saturated heterocycles. The number of nitrogens with zero attached hydrogens (tertiary/aromatic N) is 3. The van der Waals surface area contributed by atoms with Gasteiger partial charge in [-0.25, -0.2) is 0 Å². The summed E-state index contributed by atoms with van der Waals surface area (Å²) in [5, 5.41) is 6.50. The van der Waals surface area contributed by atoms with Gasteiger partial charge >= 0.3 is 0 Å². The summed E-state index contributed by atoms with van der Waals surface area (Å²) in [4.78, 5) is 31.2. The summed E-state index contributed by atoms with van der Waals surface area (Å²) < 4.78 is 4.95. The normalized spacial score (nSPS) is 15.0. The molecule has 2 aromatic rings. The minimum atomic E-state index is -0.122. The summed E-state index contributed by atoms with van der Waals surface area (Å²) in [7, 11) is 0. The highest BCUT2D eigenvalue weighted by atomic mass is 32.1. The molecule has 28 heavy (non-hydrogen) atoms. The summed E-state index contributed by atoms with van der Waals surface area (Å²) in [6.45, 7) is 9.01. The summed E-state index contributed by atoms with van der Waals surface area (Å²) in [5.41, 5.74) is 1.30. The number of thiophene rings is 1. The van der Waals surface area contributed by atoms with Crippen molar-refractivity contribution in [1.82, 2.24) is 15.0 Å². The highest BCUT2D eigenvalue weighted by molar-refractivity contribution is 7.14. The van der Waals surface area contributed by atoms with Gasteiger partial charge in [-0.05, 0) is 31.4 Å². The summed E-state index contributed by atoms with van der Waals surface area (Å²) in [5.74, 6) is 1.08. The summed E-state index contributed by atoms with van der Waals surface area (Å²) >= 11 is 1.64. The Bertz CT molecular complexity index is 821. The predicted octanol–water partition coefficient (Wildman–Crippen LogP) is 2.96. The molecule has 1 aliphatic heterocycles. The van der Waals surface area contributed by atoms with E-state index in [1.165, 1.54) is 10.4 Å². The minimum Gasteiger partial charge on any atom is -0.360 e. The van der Waals surface area contributed by atoms with Crippen molar-refractivity contribution in [3.63, 3.8) is 0 Å². The van der Waals surface area contributed by atoms with Gasteiger partial charge in [-0.15, -0.1) is 11.3 Å². The number of carbonyl (C=O) groups is 2. The van der Waals surface area contributed by atoms with E-state index in [0.717, 1.165) is 24.1 Å². The van der Waals surface area contributed by atoms with E-state index < -0.39 is 0 Å². The summed E-state index contributed by atoms with van der Waals surface area (Å²) in [6, 6.07) is 3.75. The number of hydrogen-bond acceptors (Lipinski definition) is 6. The van der Waals surface area contributed by atoms with E-state index >= 15 is 0 Å². The fourth-order valence-electron chi connectivity index (χ4n) is 3.39. The van der Waals surface area contributed by atoms with Crippen LogP contribution in [0.4, 0.5) is 5.82 Å². The number of carbonyl (C=O) groups excluding carboxylic acids is 2. The second-order valence-electron chi connectivity index (χ2n) is 7.10. The van der Waals surface area contributed by atoms with Crippen molar-refractivity contribution in [1.29, 1.82) is 0 Å². The van der Waals surface area contributed by atoms with Gasteiger partial charge in [0.25, 0.3) is 5.91 Å². The molecule has 0 spiro atoms. The van der Waals surface area contributed by atoms with Gasteiger partial charge in [0.2, 0.25) is 5.91 Å². The Kier molecular flexibility index (Phi) is 6.85. The Morgan fingerprint density at radius 1 is 1.21 bits per heavy atom. The standard InChI is InChI=1S/C20H28N4O3S/c1-4-6-16-15(5-2)12-17(28-16)20(26)24-9-7-23(8-10-24)13-19(25)21-18-11-14(3)27-22-18/h11-12H,4-10,13H2,1-3H3,(H,21,22,25). The van der Waals surface area contributed by atoms with Crippen molar-refractivity contribution in [2.24, 2.45) is 0 Å². The van der Waals surface area contributed by atoms with Crippen LogP contribution in [-0.2, 0) is 17.6 Å². The van der Waals surface area contributed by atoms with Crippen LogP contribution in [0, 0.1) is 6.92 Å². The topological polar surface area (TPSA) is 78.7 Å². The molecule has 1 N–H and O–H groups in total. The molecule has 152 valence electrons. The second kappa shape index (κ2) is 9.34. The van der Waals surface area contributed by atoms with Crippen LogP contribution in [0.3, 0.4) is 0 Å². The van der Waals surface area contributed by atoms with Gasteiger partial charge in [0.05, 0.1) is 11.4 Å². The van der Waals surface area contributed by atoms with Crippen molar-refractivity contribution < 1.29 is 14.1 Å². The lowest BCUT2D eigenvalue weighted by Gasteiger charge is -2.34. The van der Waals surface area contributed by atoms with E-state index in [-0.39, 0.29) is 18.4 Å². The first kappa shape index (κ1) is 20.5. The number of hydrogen-bond donors (Lipinski definition) is 1. The van der Waals surface area contributed by atoms with E-state index in [2.05, 4.69) is 35.3 Å². The van der Waals surface area contributed by atoms with Crippen molar-refractivity contribution >= 4 is 29.0 Å². The SMILES string of the molecule is CCCc1sc(C(=O)N2CCN(CC(=O)Nc3cc(C)on3)CC2)cc1CC. The van der Waals surface area contributed by atoms with Crippen LogP contribution in [0.25, 0.3) is 0 Å². The Labute approximate surface area is 169 Å². The molecule has 2 amide bonds. The highest BCUT2D eigenvalue weighted by Crippen LogP contribution is 2.26. The van der Waals surface area contributed by atoms with Crippen molar-refractivity contribution in [2.75, 3.05) is 38.0 Å². The second-order valence-corrected chi connectivity index (χ2v) is 8.24. The molecule has 2 aromatic heterocycles. The molecular weight excluding hydrogens is 376 g/mol. The first-order valence-corrected chi connectivity index (χ1v) is 10.7. The molecule has 0 bridgehead atoms. The van der Waals surface area contributed by atoms with E-state index in [1.807, 2.05) is 4.90 Å². The van der Waals surface area contributed by atoms with E-state index in [1.54, 1.807) is 24.3 Å². The van der Waals surface area contributed by atoms with Crippen molar-refractivity contribution in [2.45, 2.75) is 40.0 Å². The Hall–Kier alpha value is -2.19. The monoisotopic (exact) mass is 404 g/mol. The minimum absolute atomic E-state index is 0.115. The Balaban J connectivity index is 1.50. The number of anilines is 1. The third-order valence-electron chi connectivity index (χ3n) is 4.89. The fraction of sp³-hybridized carbons (Fsp3) is 0.550. The van der Waals surface area contributed by atoms with Crippen LogP contribution < -0.4 is 5.32 Å².